The summed E-state index contributed by atoms with van der Waals surface area (Å²) in [6, 6.07) is 28.2. The van der Waals surface area contributed by atoms with Gasteiger partial charge in [0.25, 0.3) is 0 Å². The van der Waals surface area contributed by atoms with Crippen molar-refractivity contribution in [3.8, 4) is 17.6 Å². The highest BCUT2D eigenvalue weighted by Gasteiger charge is 2.29. The largest absolute Gasteiger partial charge is 0.493 e. The van der Waals surface area contributed by atoms with Crippen molar-refractivity contribution in [2.45, 2.75) is 24.9 Å². The third kappa shape index (κ3) is 3.39. The maximum Gasteiger partial charge on any atom is 0.216 e. The minimum Gasteiger partial charge on any atom is -0.493 e. The minimum atomic E-state index is -1.02. The van der Waals surface area contributed by atoms with E-state index in [1.165, 1.54) is 11.1 Å². The van der Waals surface area contributed by atoms with Gasteiger partial charge >= 0.3 is 0 Å². The van der Waals surface area contributed by atoms with Gasteiger partial charge in [-0.2, -0.15) is 5.26 Å². The molecule has 0 saturated carbocycles. The zero-order valence-corrected chi connectivity index (χ0v) is 15.3. The quantitative estimate of drug-likeness (QED) is 0.627. The molecule has 27 heavy (non-hydrogen) atoms. The molecule has 3 aromatic rings. The van der Waals surface area contributed by atoms with Crippen molar-refractivity contribution in [3.05, 3.63) is 95.6 Å². The average molecular weight is 355 g/mol. The molecule has 0 spiro atoms. The van der Waals surface area contributed by atoms with Crippen LogP contribution in [0.3, 0.4) is 0 Å². The zero-order chi connectivity index (χ0) is 18.7. The molecule has 1 heterocycles. The first-order valence-electron chi connectivity index (χ1n) is 9.17. The lowest BCUT2D eigenvalue weighted by molar-refractivity contribution is 0.149. The van der Waals surface area contributed by atoms with Crippen LogP contribution in [-0.2, 0) is 5.60 Å². The number of benzene rings is 3. The number of nitrogens with zero attached hydrogens (tertiary/aromatic N) is 1. The molecule has 0 fully saturated rings. The Bertz CT molecular complexity index is 960. The van der Waals surface area contributed by atoms with Crippen LogP contribution in [0.15, 0.2) is 78.9 Å². The Hall–Kier alpha value is -3.25. The van der Waals surface area contributed by atoms with Gasteiger partial charge in [-0.1, -0.05) is 60.7 Å². The van der Waals surface area contributed by atoms with Gasteiger partial charge in [0.15, 0.2) is 0 Å². The second kappa shape index (κ2) is 7.17. The lowest BCUT2D eigenvalue weighted by Gasteiger charge is -2.27. The number of ether oxygens (including phenoxy) is 2. The van der Waals surface area contributed by atoms with Gasteiger partial charge in [0.2, 0.25) is 5.60 Å². The van der Waals surface area contributed by atoms with Crippen molar-refractivity contribution in [2.75, 3.05) is 6.61 Å². The Morgan fingerprint density at radius 1 is 0.963 bits per heavy atom. The summed E-state index contributed by atoms with van der Waals surface area (Å²) < 4.78 is 11.8. The molecular formula is C24H21NO2. The van der Waals surface area contributed by atoms with Crippen LogP contribution < -0.4 is 9.47 Å². The van der Waals surface area contributed by atoms with Crippen LogP contribution in [0.4, 0.5) is 0 Å². The Morgan fingerprint density at radius 2 is 1.67 bits per heavy atom. The van der Waals surface area contributed by atoms with E-state index in [0.717, 1.165) is 24.3 Å². The summed E-state index contributed by atoms with van der Waals surface area (Å²) in [5.74, 6) is 1.97. The fraction of sp³-hybridized carbons (Fsp3) is 0.208. The van der Waals surface area contributed by atoms with Gasteiger partial charge in [0, 0.05) is 17.0 Å². The molecular weight excluding hydrogens is 334 g/mol. The van der Waals surface area contributed by atoms with Crippen LogP contribution in [0.1, 0.15) is 36.0 Å². The molecule has 0 saturated heterocycles. The molecule has 3 nitrogen and oxygen atoms in total. The van der Waals surface area contributed by atoms with E-state index < -0.39 is 5.60 Å². The normalized spacial score (nSPS) is 17.7. The number of para-hydroxylation sites is 1. The first kappa shape index (κ1) is 17.2. The highest BCUT2D eigenvalue weighted by molar-refractivity contribution is 5.44. The van der Waals surface area contributed by atoms with Gasteiger partial charge < -0.3 is 9.47 Å². The first-order chi connectivity index (χ1) is 13.2. The van der Waals surface area contributed by atoms with Gasteiger partial charge in [-0.3, -0.25) is 0 Å². The topological polar surface area (TPSA) is 42.2 Å². The van der Waals surface area contributed by atoms with Crippen molar-refractivity contribution < 1.29 is 9.47 Å². The van der Waals surface area contributed by atoms with Crippen molar-refractivity contribution >= 4 is 0 Å². The Morgan fingerprint density at radius 3 is 2.41 bits per heavy atom. The van der Waals surface area contributed by atoms with Crippen molar-refractivity contribution in [3.63, 3.8) is 0 Å². The van der Waals surface area contributed by atoms with Crippen molar-refractivity contribution in [2.24, 2.45) is 0 Å². The molecule has 0 radical (unpaired) electrons. The number of hydrogen-bond donors (Lipinski definition) is 0. The molecule has 3 aromatic carbocycles. The van der Waals surface area contributed by atoms with Crippen LogP contribution >= 0.6 is 0 Å². The monoisotopic (exact) mass is 355 g/mol. The highest BCUT2D eigenvalue weighted by atomic mass is 16.5. The molecule has 1 aliphatic heterocycles. The summed E-state index contributed by atoms with van der Waals surface area (Å²) in [6.07, 6.45) is 0.955. The van der Waals surface area contributed by atoms with E-state index in [1.54, 1.807) is 6.92 Å². The molecule has 0 amide bonds. The second-order valence-corrected chi connectivity index (χ2v) is 6.91. The van der Waals surface area contributed by atoms with Crippen molar-refractivity contribution in [1.82, 2.24) is 0 Å². The summed E-state index contributed by atoms with van der Waals surface area (Å²) in [5.41, 5.74) is 2.28. The maximum atomic E-state index is 9.68. The number of hydrogen-bond acceptors (Lipinski definition) is 3. The highest BCUT2D eigenvalue weighted by Crippen LogP contribution is 2.38. The van der Waals surface area contributed by atoms with Gasteiger partial charge in [-0.25, -0.2) is 0 Å². The van der Waals surface area contributed by atoms with Crippen LogP contribution in [0.25, 0.3) is 0 Å². The van der Waals surface area contributed by atoms with Gasteiger partial charge in [0.1, 0.15) is 17.6 Å². The van der Waals surface area contributed by atoms with Gasteiger partial charge in [0.05, 0.1) is 6.61 Å². The van der Waals surface area contributed by atoms with Crippen LogP contribution in [-0.4, -0.2) is 6.61 Å². The Labute approximate surface area is 159 Å². The minimum absolute atomic E-state index is 0.320. The van der Waals surface area contributed by atoms with E-state index >= 15 is 0 Å². The Kier molecular flexibility index (Phi) is 4.56. The van der Waals surface area contributed by atoms with Crippen LogP contribution in [0, 0.1) is 11.3 Å². The number of rotatable bonds is 4. The molecule has 0 aliphatic carbocycles. The SMILES string of the molecule is CC(C#N)(Oc1ccc(C2CCOc3ccccc32)cc1)c1ccccc1. The molecule has 134 valence electrons. The fourth-order valence-corrected chi connectivity index (χ4v) is 3.59. The third-order valence-corrected chi connectivity index (χ3v) is 5.10. The smallest absolute Gasteiger partial charge is 0.216 e. The maximum absolute atomic E-state index is 9.68. The van der Waals surface area contributed by atoms with E-state index in [1.807, 2.05) is 54.6 Å². The summed E-state index contributed by atoms with van der Waals surface area (Å²) in [6.45, 7) is 2.52. The van der Waals surface area contributed by atoms with E-state index in [4.69, 9.17) is 9.47 Å². The molecule has 3 heteroatoms. The number of nitriles is 1. The van der Waals surface area contributed by atoms with Crippen LogP contribution in [0.2, 0.25) is 0 Å². The van der Waals surface area contributed by atoms with Gasteiger partial charge in [-0.05, 0) is 37.1 Å². The fourth-order valence-electron chi connectivity index (χ4n) is 3.59. The molecule has 0 N–H and O–H groups in total. The third-order valence-electron chi connectivity index (χ3n) is 5.10. The van der Waals surface area contributed by atoms with E-state index in [9.17, 15) is 5.26 Å². The lowest BCUT2D eigenvalue weighted by Crippen LogP contribution is -2.27. The number of fused-ring (bicyclic) bond motifs is 1. The molecule has 2 unspecified atom stereocenters. The van der Waals surface area contributed by atoms with Crippen molar-refractivity contribution in [1.29, 1.82) is 5.26 Å². The van der Waals surface area contributed by atoms with E-state index in [-0.39, 0.29) is 0 Å². The average Bonchev–Trinajstić information content (AvgIpc) is 2.74. The Balaban J connectivity index is 1.58. The van der Waals surface area contributed by atoms with E-state index in [2.05, 4.69) is 30.3 Å². The molecule has 0 bridgehead atoms. The zero-order valence-electron chi connectivity index (χ0n) is 15.3. The molecule has 1 aliphatic rings. The molecule has 0 aromatic heterocycles. The van der Waals surface area contributed by atoms with Crippen LogP contribution in [0.5, 0.6) is 11.5 Å². The summed E-state index contributed by atoms with van der Waals surface area (Å²) in [5, 5.41) is 9.68. The van der Waals surface area contributed by atoms with E-state index in [0.29, 0.717) is 11.7 Å². The molecule has 4 rings (SSSR count). The standard InChI is InChI=1S/C24H21NO2/c1-24(17-25,19-7-3-2-4-8-19)27-20-13-11-18(12-14-20)21-15-16-26-23-10-6-5-9-22(21)23/h2-14,21H,15-16H2,1H3. The predicted octanol–water partition coefficient (Wildman–Crippen LogP) is 5.42. The lowest BCUT2D eigenvalue weighted by atomic mass is 9.87. The summed E-state index contributed by atoms with van der Waals surface area (Å²) in [7, 11) is 0. The molecule has 2 atom stereocenters. The summed E-state index contributed by atoms with van der Waals surface area (Å²) >= 11 is 0. The predicted molar refractivity (Wildman–Crippen MR) is 105 cm³/mol. The van der Waals surface area contributed by atoms with Gasteiger partial charge in [-0.15, -0.1) is 0 Å². The summed E-state index contributed by atoms with van der Waals surface area (Å²) in [4.78, 5) is 0. The first-order valence-corrected chi connectivity index (χ1v) is 9.17. The second-order valence-electron chi connectivity index (χ2n) is 6.91.